The van der Waals surface area contributed by atoms with Gasteiger partial charge < -0.3 is 4.74 Å². The van der Waals surface area contributed by atoms with Crippen LogP contribution in [0.2, 0.25) is 0 Å². The lowest BCUT2D eigenvalue weighted by atomic mass is 10.2. The first kappa shape index (κ1) is 16.6. The molecule has 23 heavy (non-hydrogen) atoms. The number of methoxy groups -OCH3 is 1. The normalized spacial score (nSPS) is 13.3. The molecule has 2 heterocycles. The third kappa shape index (κ3) is 3.82. The van der Waals surface area contributed by atoms with E-state index in [1.807, 2.05) is 0 Å². The van der Waals surface area contributed by atoms with E-state index in [2.05, 4.69) is 31.2 Å². The summed E-state index contributed by atoms with van der Waals surface area (Å²) < 4.78 is 6.92. The fourth-order valence-corrected chi connectivity index (χ4v) is 4.59. The van der Waals surface area contributed by atoms with Crippen LogP contribution in [0.25, 0.3) is 0 Å². The van der Waals surface area contributed by atoms with Gasteiger partial charge in [-0.05, 0) is 12.5 Å². The van der Waals surface area contributed by atoms with Crippen molar-refractivity contribution in [1.82, 2.24) is 9.55 Å². The first-order valence-corrected chi connectivity index (χ1v) is 9.60. The Morgan fingerprint density at radius 2 is 2.30 bits per heavy atom. The first-order chi connectivity index (χ1) is 11.2. The molecule has 0 bridgehead atoms. The Labute approximate surface area is 144 Å². The molecule has 0 N–H and O–H groups in total. The van der Waals surface area contributed by atoms with Crippen LogP contribution in [0.4, 0.5) is 0 Å². The number of hydrogen-bond donors (Lipinski definition) is 0. The summed E-state index contributed by atoms with van der Waals surface area (Å²) in [5, 5.41) is 0.801. The van der Waals surface area contributed by atoms with Gasteiger partial charge in [0.25, 0.3) is 5.56 Å². The molecule has 0 fully saturated rings. The molecule has 0 saturated heterocycles. The summed E-state index contributed by atoms with van der Waals surface area (Å²) in [4.78, 5) is 18.3. The molecular formula is C17H20N2O2S2. The van der Waals surface area contributed by atoms with Crippen LogP contribution < -0.4 is 5.56 Å². The van der Waals surface area contributed by atoms with Crippen molar-refractivity contribution in [3.8, 4) is 0 Å². The van der Waals surface area contributed by atoms with E-state index < -0.39 is 0 Å². The average Bonchev–Trinajstić information content (AvgIpc) is 3.01. The number of ether oxygens (including phenoxy) is 1. The molecule has 0 saturated carbocycles. The summed E-state index contributed by atoms with van der Waals surface area (Å²) in [5.74, 6) is 1.76. The third-order valence-corrected chi connectivity index (χ3v) is 5.87. The maximum Gasteiger partial charge on any atom is 0.268 e. The van der Waals surface area contributed by atoms with Crippen molar-refractivity contribution in [3.05, 3.63) is 51.4 Å². The highest BCUT2D eigenvalue weighted by atomic mass is 32.2. The van der Waals surface area contributed by atoms with Crippen LogP contribution in [-0.2, 0) is 23.5 Å². The fraction of sp³-hybridized carbons (Fsp3) is 0.412. The summed E-state index contributed by atoms with van der Waals surface area (Å²) in [6, 6.07) is 8.44. The summed E-state index contributed by atoms with van der Waals surface area (Å²) in [6.45, 7) is 3.16. The average molecular weight is 348 g/mol. The van der Waals surface area contributed by atoms with Crippen molar-refractivity contribution in [2.24, 2.45) is 0 Å². The number of benzene rings is 1. The van der Waals surface area contributed by atoms with Crippen LogP contribution in [0.5, 0.6) is 0 Å². The second-order valence-corrected chi connectivity index (χ2v) is 7.54. The molecule has 0 spiro atoms. The largest absolute Gasteiger partial charge is 0.383 e. The molecule has 122 valence electrons. The topological polar surface area (TPSA) is 44.1 Å². The molecule has 0 amide bonds. The molecule has 0 atom stereocenters. The minimum atomic E-state index is 0.0845. The third-order valence-electron chi connectivity index (χ3n) is 3.72. The van der Waals surface area contributed by atoms with E-state index in [0.717, 1.165) is 33.7 Å². The van der Waals surface area contributed by atoms with Crippen molar-refractivity contribution in [3.63, 3.8) is 0 Å². The predicted octanol–water partition coefficient (Wildman–Crippen LogP) is 3.14. The minimum absolute atomic E-state index is 0.0845. The van der Waals surface area contributed by atoms with E-state index in [9.17, 15) is 4.79 Å². The number of hydrogen-bond acceptors (Lipinski definition) is 5. The Morgan fingerprint density at radius 1 is 1.43 bits per heavy atom. The molecule has 0 radical (unpaired) electrons. The zero-order chi connectivity index (χ0) is 16.2. The summed E-state index contributed by atoms with van der Waals surface area (Å²) in [5.41, 5.74) is 3.54. The Balaban J connectivity index is 1.87. The van der Waals surface area contributed by atoms with E-state index in [1.54, 1.807) is 35.2 Å². The zero-order valence-electron chi connectivity index (χ0n) is 13.4. The second-order valence-electron chi connectivity index (χ2n) is 5.50. The maximum absolute atomic E-state index is 12.7. The molecule has 1 aliphatic heterocycles. The highest BCUT2D eigenvalue weighted by molar-refractivity contribution is 7.99. The Bertz CT molecular complexity index is 759. The van der Waals surface area contributed by atoms with Gasteiger partial charge in [0.1, 0.15) is 0 Å². The lowest BCUT2D eigenvalue weighted by Gasteiger charge is -2.13. The molecule has 1 aliphatic rings. The molecule has 0 aliphatic carbocycles. The molecule has 2 aromatic rings. The van der Waals surface area contributed by atoms with Crippen LogP contribution in [0.1, 0.15) is 16.8 Å². The number of thioether (sulfide) groups is 2. The summed E-state index contributed by atoms with van der Waals surface area (Å²) in [6.07, 6.45) is 0.887. The van der Waals surface area contributed by atoms with Crippen LogP contribution in [0.15, 0.2) is 39.1 Å². The molecule has 3 rings (SSSR count). The number of nitrogens with zero attached hydrogens (tertiary/aromatic N) is 2. The van der Waals surface area contributed by atoms with Crippen molar-refractivity contribution in [2.45, 2.75) is 35.7 Å². The van der Waals surface area contributed by atoms with Gasteiger partial charge in [-0.1, -0.05) is 41.6 Å². The maximum atomic E-state index is 12.7. The lowest BCUT2D eigenvalue weighted by molar-refractivity contribution is 0.182. The number of fused-ring (bicyclic) bond motifs is 1. The molecule has 0 unspecified atom stereocenters. The van der Waals surface area contributed by atoms with Gasteiger partial charge in [0, 0.05) is 25.0 Å². The highest BCUT2D eigenvalue weighted by Gasteiger charge is 2.21. The van der Waals surface area contributed by atoms with Gasteiger partial charge in [-0.25, -0.2) is 4.98 Å². The van der Waals surface area contributed by atoms with E-state index in [1.165, 1.54) is 11.1 Å². The number of aryl methyl sites for hydroxylation is 2. The van der Waals surface area contributed by atoms with Crippen molar-refractivity contribution < 1.29 is 4.74 Å². The standard InChI is InChI=1S/C17H20N2O2S2/c1-12-4-3-5-13(10-12)11-23-17-18-14-6-9-22-15(14)16(20)19(17)7-8-21-2/h3-5,10H,6-9,11H2,1-2H3. The second kappa shape index (κ2) is 7.55. The van der Waals surface area contributed by atoms with E-state index in [4.69, 9.17) is 9.72 Å². The number of rotatable bonds is 6. The molecule has 1 aromatic carbocycles. The monoisotopic (exact) mass is 348 g/mol. The summed E-state index contributed by atoms with van der Waals surface area (Å²) in [7, 11) is 1.65. The van der Waals surface area contributed by atoms with Gasteiger partial charge in [-0.2, -0.15) is 0 Å². The highest BCUT2D eigenvalue weighted by Crippen LogP contribution is 2.29. The molecule has 6 heteroatoms. The molecule has 1 aromatic heterocycles. The first-order valence-electron chi connectivity index (χ1n) is 7.63. The number of aromatic nitrogens is 2. The Morgan fingerprint density at radius 3 is 3.09 bits per heavy atom. The molecular weight excluding hydrogens is 328 g/mol. The SMILES string of the molecule is COCCn1c(SCc2cccc(C)c2)nc2c(c1=O)SCC2. The van der Waals surface area contributed by atoms with Gasteiger partial charge >= 0.3 is 0 Å². The van der Waals surface area contributed by atoms with Gasteiger partial charge in [-0.15, -0.1) is 11.8 Å². The van der Waals surface area contributed by atoms with E-state index in [0.29, 0.717) is 13.2 Å². The minimum Gasteiger partial charge on any atom is -0.383 e. The smallest absolute Gasteiger partial charge is 0.268 e. The van der Waals surface area contributed by atoms with Crippen LogP contribution >= 0.6 is 23.5 Å². The van der Waals surface area contributed by atoms with E-state index >= 15 is 0 Å². The lowest BCUT2D eigenvalue weighted by Crippen LogP contribution is -2.27. The fourth-order valence-electron chi connectivity index (χ4n) is 2.56. The molecule has 4 nitrogen and oxygen atoms in total. The van der Waals surface area contributed by atoms with Crippen molar-refractivity contribution in [2.75, 3.05) is 19.5 Å². The van der Waals surface area contributed by atoms with Gasteiger partial charge in [0.15, 0.2) is 5.16 Å². The van der Waals surface area contributed by atoms with Crippen LogP contribution in [0.3, 0.4) is 0 Å². The van der Waals surface area contributed by atoms with Crippen LogP contribution in [-0.4, -0.2) is 29.0 Å². The van der Waals surface area contributed by atoms with Crippen molar-refractivity contribution >= 4 is 23.5 Å². The van der Waals surface area contributed by atoms with Gasteiger partial charge in [0.2, 0.25) is 0 Å². The van der Waals surface area contributed by atoms with E-state index in [-0.39, 0.29) is 5.56 Å². The van der Waals surface area contributed by atoms with Crippen LogP contribution in [0, 0.1) is 6.92 Å². The summed E-state index contributed by atoms with van der Waals surface area (Å²) >= 11 is 3.25. The van der Waals surface area contributed by atoms with Gasteiger partial charge in [0.05, 0.1) is 23.7 Å². The quantitative estimate of drug-likeness (QED) is 0.593. The zero-order valence-corrected chi connectivity index (χ0v) is 15.0. The van der Waals surface area contributed by atoms with Crippen molar-refractivity contribution in [1.29, 1.82) is 0 Å². The Hall–Kier alpha value is -1.24. The van der Waals surface area contributed by atoms with Gasteiger partial charge in [-0.3, -0.25) is 9.36 Å². The Kier molecular flexibility index (Phi) is 5.46. The predicted molar refractivity (Wildman–Crippen MR) is 95.5 cm³/mol.